The van der Waals surface area contributed by atoms with Crippen molar-refractivity contribution in [3.05, 3.63) is 73.9 Å². The Labute approximate surface area is 244 Å². The maximum Gasteiger partial charge on any atom is 0.245 e. The first-order valence-corrected chi connectivity index (χ1v) is 15.1. The van der Waals surface area contributed by atoms with Gasteiger partial charge in [0, 0.05) is 30.1 Å². The van der Waals surface area contributed by atoms with E-state index in [1.807, 2.05) is 36.6 Å². The number of carbonyl (C=O) groups excluding carboxylic acids is 1. The molecule has 0 saturated heterocycles. The van der Waals surface area contributed by atoms with E-state index in [-0.39, 0.29) is 40.5 Å². The second-order valence-electron chi connectivity index (χ2n) is 8.69. The highest BCUT2D eigenvalue weighted by atomic mass is 35.5. The molecule has 0 unspecified atom stereocenters. The Balaban J connectivity index is 1.88. The number of nitrogens with zero attached hydrogens (tertiary/aromatic N) is 2. The van der Waals surface area contributed by atoms with Gasteiger partial charge < -0.3 is 19.1 Å². The first-order chi connectivity index (χ1) is 18.6. The summed E-state index contributed by atoms with van der Waals surface area (Å²) in [5, 5.41) is 2.22. The number of aryl methyl sites for hydroxylation is 1. The molecular formula is C27H32Cl2N2O6S2. The second-order valence-corrected chi connectivity index (χ2v) is 12.4. The van der Waals surface area contributed by atoms with Gasteiger partial charge in [-0.1, -0.05) is 29.3 Å². The lowest BCUT2D eigenvalue weighted by Crippen LogP contribution is -2.44. The van der Waals surface area contributed by atoms with Gasteiger partial charge in [-0.05, 0) is 66.2 Å². The first kappa shape index (κ1) is 31.2. The molecule has 8 nitrogen and oxygen atoms in total. The molecule has 3 aromatic rings. The third-order valence-electron chi connectivity index (χ3n) is 6.14. The molecule has 2 aromatic carbocycles. The predicted molar refractivity (Wildman–Crippen MR) is 155 cm³/mol. The summed E-state index contributed by atoms with van der Waals surface area (Å²) < 4.78 is 44.1. The fraction of sp³-hybridized carbons (Fsp3) is 0.370. The van der Waals surface area contributed by atoms with Crippen molar-refractivity contribution < 1.29 is 27.4 Å². The van der Waals surface area contributed by atoms with Crippen LogP contribution in [0.1, 0.15) is 16.0 Å². The van der Waals surface area contributed by atoms with Crippen molar-refractivity contribution in [1.29, 1.82) is 0 Å². The number of sulfonamides is 1. The largest absolute Gasteiger partial charge is 0.493 e. The zero-order valence-corrected chi connectivity index (χ0v) is 25.4. The molecule has 39 heavy (non-hydrogen) atoms. The van der Waals surface area contributed by atoms with Gasteiger partial charge in [0.05, 0.1) is 38.9 Å². The van der Waals surface area contributed by atoms with Crippen LogP contribution in [0.3, 0.4) is 0 Å². The number of ether oxygens (including phenoxy) is 3. The number of amides is 1. The third kappa shape index (κ3) is 8.09. The van der Waals surface area contributed by atoms with Gasteiger partial charge in [-0.15, -0.1) is 11.3 Å². The molecule has 0 aliphatic carbocycles. The van der Waals surface area contributed by atoms with Crippen molar-refractivity contribution >= 4 is 50.5 Å². The van der Waals surface area contributed by atoms with E-state index in [2.05, 4.69) is 0 Å². The number of rotatable bonds is 14. The molecule has 1 aromatic heterocycles. The van der Waals surface area contributed by atoms with Crippen LogP contribution in [-0.4, -0.2) is 71.1 Å². The normalized spacial score (nSPS) is 11.6. The Morgan fingerprint density at radius 2 is 1.72 bits per heavy atom. The molecule has 0 bridgehead atoms. The number of benzene rings is 2. The molecule has 3 rings (SSSR count). The van der Waals surface area contributed by atoms with Gasteiger partial charge in [-0.3, -0.25) is 4.79 Å². The molecule has 12 heteroatoms. The molecule has 0 fully saturated rings. The molecule has 0 aliphatic heterocycles. The van der Waals surface area contributed by atoms with Gasteiger partial charge in [0.1, 0.15) is 4.90 Å². The van der Waals surface area contributed by atoms with Crippen LogP contribution in [0, 0.1) is 6.92 Å². The van der Waals surface area contributed by atoms with Crippen LogP contribution in [-0.2, 0) is 32.5 Å². The highest BCUT2D eigenvalue weighted by Crippen LogP contribution is 2.29. The molecule has 1 heterocycles. The summed E-state index contributed by atoms with van der Waals surface area (Å²) >= 11 is 13.8. The topological polar surface area (TPSA) is 85.4 Å². The van der Waals surface area contributed by atoms with Crippen LogP contribution in [0.4, 0.5) is 0 Å². The van der Waals surface area contributed by atoms with Crippen molar-refractivity contribution in [3.63, 3.8) is 0 Å². The highest BCUT2D eigenvalue weighted by molar-refractivity contribution is 7.89. The molecule has 0 N–H and O–H groups in total. The summed E-state index contributed by atoms with van der Waals surface area (Å²) in [6.07, 6.45) is 0.529. The molecule has 0 spiro atoms. The van der Waals surface area contributed by atoms with Gasteiger partial charge in [-0.25, -0.2) is 8.42 Å². The monoisotopic (exact) mass is 614 g/mol. The number of hydrogen-bond acceptors (Lipinski definition) is 7. The molecule has 212 valence electrons. The molecule has 1 amide bonds. The lowest BCUT2D eigenvalue weighted by atomic mass is 10.1. The minimum atomic E-state index is -4.15. The predicted octanol–water partition coefficient (Wildman–Crippen LogP) is 5.29. The van der Waals surface area contributed by atoms with E-state index in [1.54, 1.807) is 30.5 Å². The van der Waals surface area contributed by atoms with E-state index >= 15 is 0 Å². The van der Waals surface area contributed by atoms with Crippen LogP contribution < -0.4 is 9.47 Å². The first-order valence-electron chi connectivity index (χ1n) is 12.1. The molecular weight excluding hydrogens is 583 g/mol. The number of methoxy groups -OCH3 is 3. The summed E-state index contributed by atoms with van der Waals surface area (Å²) in [4.78, 5) is 16.2. The third-order valence-corrected chi connectivity index (χ3v) is 9.71. The molecule has 0 atom stereocenters. The van der Waals surface area contributed by atoms with E-state index in [4.69, 9.17) is 37.4 Å². The van der Waals surface area contributed by atoms with Crippen molar-refractivity contribution in [2.45, 2.75) is 24.8 Å². The molecule has 0 radical (unpaired) electrons. The van der Waals surface area contributed by atoms with Crippen LogP contribution in [0.25, 0.3) is 0 Å². The average molecular weight is 616 g/mol. The van der Waals surface area contributed by atoms with E-state index in [9.17, 15) is 13.2 Å². The summed E-state index contributed by atoms with van der Waals surface area (Å²) in [7, 11) is 0.457. The Morgan fingerprint density at radius 1 is 0.974 bits per heavy atom. The number of thiophene rings is 1. The van der Waals surface area contributed by atoms with Crippen LogP contribution in [0.5, 0.6) is 11.5 Å². The minimum absolute atomic E-state index is 0.0220. The van der Waals surface area contributed by atoms with E-state index in [0.717, 1.165) is 20.3 Å². The maximum absolute atomic E-state index is 13.7. The van der Waals surface area contributed by atoms with E-state index in [0.29, 0.717) is 31.0 Å². The van der Waals surface area contributed by atoms with Gasteiger partial charge >= 0.3 is 0 Å². The fourth-order valence-corrected chi connectivity index (χ4v) is 6.91. The van der Waals surface area contributed by atoms with Crippen LogP contribution >= 0.6 is 34.5 Å². The summed E-state index contributed by atoms with van der Waals surface area (Å²) in [6, 6.07) is 11.8. The van der Waals surface area contributed by atoms with Gasteiger partial charge in [0.25, 0.3) is 0 Å². The minimum Gasteiger partial charge on any atom is -0.493 e. The molecule has 0 saturated carbocycles. The zero-order chi connectivity index (χ0) is 28.6. The van der Waals surface area contributed by atoms with Crippen molar-refractivity contribution in [1.82, 2.24) is 9.21 Å². The summed E-state index contributed by atoms with van der Waals surface area (Å²) in [6.45, 7) is 2.38. The molecule has 0 aliphatic rings. The second kappa shape index (κ2) is 14.3. The summed E-state index contributed by atoms with van der Waals surface area (Å²) in [5.41, 5.74) is 2.02. The van der Waals surface area contributed by atoms with Crippen LogP contribution in [0.2, 0.25) is 10.0 Å². The van der Waals surface area contributed by atoms with E-state index < -0.39 is 10.0 Å². The SMILES string of the molecule is COCCN(CC(=O)N(CCc1ccc(OC)c(OC)c1)Cc1sccc1C)S(=O)(=O)c1cc(Cl)ccc1Cl. The highest BCUT2D eigenvalue weighted by Gasteiger charge is 2.30. The lowest BCUT2D eigenvalue weighted by Gasteiger charge is -2.27. The van der Waals surface area contributed by atoms with Crippen molar-refractivity contribution in [3.8, 4) is 11.5 Å². The Bertz CT molecular complexity index is 1380. The van der Waals surface area contributed by atoms with Crippen molar-refractivity contribution in [2.24, 2.45) is 0 Å². The fourth-order valence-electron chi connectivity index (χ4n) is 3.87. The maximum atomic E-state index is 13.7. The average Bonchev–Trinajstić information content (AvgIpc) is 3.33. The quantitative estimate of drug-likeness (QED) is 0.245. The number of carbonyl (C=O) groups is 1. The van der Waals surface area contributed by atoms with E-state index in [1.165, 1.54) is 25.3 Å². The number of halogens is 2. The lowest BCUT2D eigenvalue weighted by molar-refractivity contribution is -0.132. The van der Waals surface area contributed by atoms with Crippen molar-refractivity contribution in [2.75, 3.05) is 47.6 Å². The zero-order valence-electron chi connectivity index (χ0n) is 22.3. The van der Waals surface area contributed by atoms with Gasteiger partial charge in [-0.2, -0.15) is 4.31 Å². The smallest absolute Gasteiger partial charge is 0.245 e. The van der Waals surface area contributed by atoms with Crippen LogP contribution in [0.15, 0.2) is 52.7 Å². The summed E-state index contributed by atoms with van der Waals surface area (Å²) in [5.74, 6) is 0.861. The Hall–Kier alpha value is -2.34. The Kier molecular flexibility index (Phi) is 11.5. The number of hydrogen-bond donors (Lipinski definition) is 0. The standard InChI is InChI=1S/C27H32Cl2N2O6S2/c1-19-10-14-38-25(19)17-30(11-9-20-5-8-23(36-3)24(15-20)37-4)27(32)18-31(12-13-35-2)39(33,34)26-16-21(28)6-7-22(26)29/h5-8,10,14-16H,9,11-13,17-18H2,1-4H3. The van der Waals surface area contributed by atoms with Gasteiger partial charge in [0.2, 0.25) is 15.9 Å². The Morgan fingerprint density at radius 3 is 2.36 bits per heavy atom. The van der Waals surface area contributed by atoms with Gasteiger partial charge in [0.15, 0.2) is 11.5 Å².